The number of allylic oxidation sites excluding steroid dienone is 4. The molecule has 1 N–H and O–H groups in total. The summed E-state index contributed by atoms with van der Waals surface area (Å²) >= 11 is 0. The van der Waals surface area contributed by atoms with Gasteiger partial charge in [-0.25, -0.2) is 0 Å². The minimum absolute atomic E-state index is 0.639. The standard InChI is InChI=1S/C12H13NO/c1-5-9-11(7-3)14-12(8-4)10(6-2)13-9/h5-8,13H,1-4H2. The van der Waals surface area contributed by atoms with E-state index >= 15 is 0 Å². The molecule has 0 spiro atoms. The summed E-state index contributed by atoms with van der Waals surface area (Å²) in [6.45, 7) is 14.6. The van der Waals surface area contributed by atoms with E-state index in [1.165, 1.54) is 0 Å². The molecule has 1 heterocycles. The fraction of sp³-hybridized carbons (Fsp3) is 0. The highest BCUT2D eigenvalue weighted by Crippen LogP contribution is 2.21. The lowest BCUT2D eigenvalue weighted by Gasteiger charge is -2.21. The van der Waals surface area contributed by atoms with Crippen molar-refractivity contribution < 1.29 is 4.74 Å². The van der Waals surface area contributed by atoms with Crippen LogP contribution < -0.4 is 5.32 Å². The van der Waals surface area contributed by atoms with E-state index in [1.54, 1.807) is 24.3 Å². The van der Waals surface area contributed by atoms with Crippen LogP contribution in [0.25, 0.3) is 0 Å². The zero-order chi connectivity index (χ0) is 10.6. The van der Waals surface area contributed by atoms with Gasteiger partial charge in [0.05, 0.1) is 11.4 Å². The third-order valence-corrected chi connectivity index (χ3v) is 1.80. The molecular weight excluding hydrogens is 174 g/mol. The Morgan fingerprint density at radius 1 is 0.786 bits per heavy atom. The Balaban J connectivity index is 3.09. The van der Waals surface area contributed by atoms with Crippen LogP contribution in [-0.4, -0.2) is 0 Å². The van der Waals surface area contributed by atoms with E-state index in [4.69, 9.17) is 4.74 Å². The van der Waals surface area contributed by atoms with Crippen LogP contribution in [0.1, 0.15) is 0 Å². The van der Waals surface area contributed by atoms with Gasteiger partial charge in [0.2, 0.25) is 0 Å². The van der Waals surface area contributed by atoms with Crippen LogP contribution in [0.15, 0.2) is 73.5 Å². The average molecular weight is 187 g/mol. The quantitative estimate of drug-likeness (QED) is 0.730. The lowest BCUT2D eigenvalue weighted by molar-refractivity contribution is 0.314. The van der Waals surface area contributed by atoms with E-state index in [0.717, 1.165) is 11.4 Å². The van der Waals surface area contributed by atoms with Crippen LogP contribution >= 0.6 is 0 Å². The number of hydrogen-bond acceptors (Lipinski definition) is 2. The molecular formula is C12H13NO. The molecule has 2 heteroatoms. The highest BCUT2D eigenvalue weighted by atomic mass is 16.5. The molecule has 2 nitrogen and oxygen atoms in total. The third-order valence-electron chi connectivity index (χ3n) is 1.80. The second-order valence-corrected chi connectivity index (χ2v) is 2.60. The Labute approximate surface area is 84.3 Å². The van der Waals surface area contributed by atoms with Crippen molar-refractivity contribution in [3.05, 3.63) is 73.5 Å². The van der Waals surface area contributed by atoms with Gasteiger partial charge in [0.25, 0.3) is 0 Å². The van der Waals surface area contributed by atoms with Crippen LogP contribution in [0.2, 0.25) is 0 Å². The van der Waals surface area contributed by atoms with E-state index in [9.17, 15) is 0 Å². The molecule has 0 aromatic carbocycles. The topological polar surface area (TPSA) is 21.3 Å². The highest BCUT2D eigenvalue weighted by Gasteiger charge is 2.14. The number of nitrogens with one attached hydrogen (secondary N) is 1. The van der Waals surface area contributed by atoms with Crippen molar-refractivity contribution in [2.45, 2.75) is 0 Å². The van der Waals surface area contributed by atoms with Crippen molar-refractivity contribution >= 4 is 0 Å². The van der Waals surface area contributed by atoms with Gasteiger partial charge in [0, 0.05) is 0 Å². The van der Waals surface area contributed by atoms with Crippen LogP contribution in [-0.2, 0) is 4.74 Å². The minimum atomic E-state index is 0.639. The van der Waals surface area contributed by atoms with Gasteiger partial charge in [-0.2, -0.15) is 0 Å². The first kappa shape index (κ1) is 10.1. The van der Waals surface area contributed by atoms with Crippen LogP contribution in [0.4, 0.5) is 0 Å². The number of ether oxygens (including phenoxy) is 1. The van der Waals surface area contributed by atoms with Crippen molar-refractivity contribution in [3.63, 3.8) is 0 Å². The average Bonchev–Trinajstić information content (AvgIpc) is 2.26. The van der Waals surface area contributed by atoms with Crippen molar-refractivity contribution in [1.29, 1.82) is 0 Å². The summed E-state index contributed by atoms with van der Waals surface area (Å²) < 4.78 is 5.51. The molecule has 1 aliphatic heterocycles. The van der Waals surface area contributed by atoms with E-state index in [1.807, 2.05) is 0 Å². The first-order chi connectivity index (χ1) is 6.76. The van der Waals surface area contributed by atoms with Crippen LogP contribution in [0.3, 0.4) is 0 Å². The summed E-state index contributed by atoms with van der Waals surface area (Å²) in [6.07, 6.45) is 6.57. The summed E-state index contributed by atoms with van der Waals surface area (Å²) in [7, 11) is 0. The molecule has 0 amide bonds. The van der Waals surface area contributed by atoms with Gasteiger partial charge in [0.1, 0.15) is 11.5 Å². The second kappa shape index (κ2) is 4.33. The van der Waals surface area contributed by atoms with Crippen LogP contribution in [0.5, 0.6) is 0 Å². The lowest BCUT2D eigenvalue weighted by atomic mass is 10.2. The molecule has 0 unspecified atom stereocenters. The van der Waals surface area contributed by atoms with Gasteiger partial charge in [-0.3, -0.25) is 0 Å². The van der Waals surface area contributed by atoms with Crippen molar-refractivity contribution in [1.82, 2.24) is 5.32 Å². The molecule has 1 aliphatic rings. The maximum atomic E-state index is 5.51. The molecule has 0 aromatic rings. The summed E-state index contributed by atoms with van der Waals surface area (Å²) in [5.41, 5.74) is 1.56. The molecule has 0 aromatic heterocycles. The molecule has 0 atom stereocenters. The fourth-order valence-corrected chi connectivity index (χ4v) is 1.10. The second-order valence-electron chi connectivity index (χ2n) is 2.60. The summed E-state index contributed by atoms with van der Waals surface area (Å²) in [5, 5.41) is 3.11. The zero-order valence-electron chi connectivity index (χ0n) is 8.05. The van der Waals surface area contributed by atoms with Crippen molar-refractivity contribution in [3.8, 4) is 0 Å². The van der Waals surface area contributed by atoms with Crippen molar-refractivity contribution in [2.24, 2.45) is 0 Å². The Morgan fingerprint density at radius 3 is 1.50 bits per heavy atom. The summed E-state index contributed by atoms with van der Waals surface area (Å²) in [6, 6.07) is 0. The van der Waals surface area contributed by atoms with E-state index in [-0.39, 0.29) is 0 Å². The summed E-state index contributed by atoms with van der Waals surface area (Å²) in [4.78, 5) is 0. The minimum Gasteiger partial charge on any atom is -0.453 e. The maximum absolute atomic E-state index is 5.51. The zero-order valence-corrected chi connectivity index (χ0v) is 8.05. The Morgan fingerprint density at radius 2 is 1.21 bits per heavy atom. The van der Waals surface area contributed by atoms with Gasteiger partial charge >= 0.3 is 0 Å². The van der Waals surface area contributed by atoms with Gasteiger partial charge in [0.15, 0.2) is 0 Å². The third kappa shape index (κ3) is 1.69. The molecule has 0 fully saturated rings. The molecule has 0 saturated carbocycles. The van der Waals surface area contributed by atoms with E-state index in [2.05, 4.69) is 31.6 Å². The first-order valence-corrected chi connectivity index (χ1v) is 4.20. The Bertz CT molecular complexity index is 291. The molecule has 0 radical (unpaired) electrons. The van der Waals surface area contributed by atoms with Gasteiger partial charge in [-0.15, -0.1) is 0 Å². The van der Waals surface area contributed by atoms with Gasteiger partial charge in [-0.1, -0.05) is 26.3 Å². The molecule has 0 saturated heterocycles. The summed E-state index contributed by atoms with van der Waals surface area (Å²) in [5.74, 6) is 1.28. The van der Waals surface area contributed by atoms with Crippen LogP contribution in [0, 0.1) is 0 Å². The SMILES string of the molecule is C=CC1=C(C=C)OC(C=C)=C(C=C)N1. The van der Waals surface area contributed by atoms with Gasteiger partial charge < -0.3 is 10.1 Å². The normalized spacial score (nSPS) is 15.4. The largest absolute Gasteiger partial charge is 0.453 e. The molecule has 0 aliphatic carbocycles. The predicted octanol–water partition coefficient (Wildman–Crippen LogP) is 2.77. The molecule has 72 valence electrons. The van der Waals surface area contributed by atoms with E-state index < -0.39 is 0 Å². The molecule has 1 rings (SSSR count). The van der Waals surface area contributed by atoms with E-state index in [0.29, 0.717) is 11.5 Å². The molecule has 14 heavy (non-hydrogen) atoms. The smallest absolute Gasteiger partial charge is 0.150 e. The Kier molecular flexibility index (Phi) is 3.13. The Hall–Kier alpha value is -1.96. The molecule has 0 bridgehead atoms. The highest BCUT2D eigenvalue weighted by molar-refractivity contribution is 5.40. The number of hydrogen-bond donors (Lipinski definition) is 1. The fourth-order valence-electron chi connectivity index (χ4n) is 1.10. The van der Waals surface area contributed by atoms with Gasteiger partial charge in [-0.05, 0) is 24.3 Å². The first-order valence-electron chi connectivity index (χ1n) is 4.20. The number of rotatable bonds is 4. The van der Waals surface area contributed by atoms with Crippen molar-refractivity contribution in [2.75, 3.05) is 0 Å². The monoisotopic (exact) mass is 187 g/mol. The maximum Gasteiger partial charge on any atom is 0.150 e. The lowest BCUT2D eigenvalue weighted by Crippen LogP contribution is -2.19. The predicted molar refractivity (Wildman–Crippen MR) is 59.1 cm³/mol.